The number of aromatic nitrogens is 1. The molecule has 98 valence electrons. The van der Waals surface area contributed by atoms with Crippen LogP contribution in [0.2, 0.25) is 10.3 Å². The molecule has 0 aliphatic heterocycles. The van der Waals surface area contributed by atoms with Gasteiger partial charge in [0.05, 0.1) is 5.92 Å². The Morgan fingerprint density at radius 1 is 1.28 bits per heavy atom. The van der Waals surface area contributed by atoms with Crippen molar-refractivity contribution in [2.24, 2.45) is 5.92 Å². The molecule has 1 aromatic rings. The Kier molecular flexibility index (Phi) is 4.93. The van der Waals surface area contributed by atoms with Crippen LogP contribution in [0.1, 0.15) is 24.2 Å². The lowest BCUT2D eigenvalue weighted by atomic mass is 10.0. The van der Waals surface area contributed by atoms with Gasteiger partial charge in [-0.25, -0.2) is 4.98 Å². The Labute approximate surface area is 114 Å². The van der Waals surface area contributed by atoms with Gasteiger partial charge in [-0.3, -0.25) is 9.59 Å². The van der Waals surface area contributed by atoms with Gasteiger partial charge in [-0.05, 0) is 26.0 Å². The van der Waals surface area contributed by atoms with Gasteiger partial charge in [0.15, 0.2) is 0 Å². The maximum Gasteiger partial charge on any atom is 0.308 e. The van der Waals surface area contributed by atoms with Crippen molar-refractivity contribution in [2.75, 3.05) is 0 Å². The Balaban J connectivity index is 2.79. The van der Waals surface area contributed by atoms with Gasteiger partial charge in [0.1, 0.15) is 10.3 Å². The summed E-state index contributed by atoms with van der Waals surface area (Å²) in [5.74, 6) is -2.11. The van der Waals surface area contributed by atoms with Gasteiger partial charge >= 0.3 is 5.97 Å². The van der Waals surface area contributed by atoms with E-state index in [1.807, 2.05) is 0 Å². The Hall–Kier alpha value is -1.33. The van der Waals surface area contributed by atoms with Crippen molar-refractivity contribution in [2.45, 2.75) is 19.9 Å². The van der Waals surface area contributed by atoms with E-state index in [1.54, 1.807) is 6.92 Å². The summed E-state index contributed by atoms with van der Waals surface area (Å²) in [6, 6.07) is 2.21. The molecule has 0 saturated carbocycles. The number of carbonyl (C=O) groups excluding carboxylic acids is 1. The van der Waals surface area contributed by atoms with Crippen molar-refractivity contribution in [3.63, 3.8) is 0 Å². The zero-order chi connectivity index (χ0) is 13.9. The number of carbonyl (C=O) groups is 2. The molecule has 2 atom stereocenters. The summed E-state index contributed by atoms with van der Waals surface area (Å²) in [7, 11) is 0. The van der Waals surface area contributed by atoms with E-state index in [-0.39, 0.29) is 15.9 Å². The first-order valence-electron chi connectivity index (χ1n) is 5.18. The number of rotatable bonds is 4. The van der Waals surface area contributed by atoms with Crippen molar-refractivity contribution in [1.29, 1.82) is 0 Å². The molecule has 0 fully saturated rings. The summed E-state index contributed by atoms with van der Waals surface area (Å²) in [5.41, 5.74) is 0.240. The molecule has 5 nitrogen and oxygen atoms in total. The third-order valence-corrected chi connectivity index (χ3v) is 2.91. The number of aliphatic carboxylic acids is 1. The monoisotopic (exact) mass is 290 g/mol. The van der Waals surface area contributed by atoms with Crippen LogP contribution in [0.4, 0.5) is 0 Å². The maximum absolute atomic E-state index is 11.8. The fraction of sp³-hybridized carbons (Fsp3) is 0.364. The van der Waals surface area contributed by atoms with Crippen LogP contribution in [-0.4, -0.2) is 28.0 Å². The van der Waals surface area contributed by atoms with Gasteiger partial charge in [0.25, 0.3) is 5.91 Å². The standard InChI is InChI=1S/C11H12Cl2N2O3/c1-5(11(17)18)6(2)14-10(16)7-3-8(12)15-9(13)4-7/h3-6H,1-2H3,(H,14,16)(H,17,18). The highest BCUT2D eigenvalue weighted by atomic mass is 35.5. The van der Waals surface area contributed by atoms with Crippen molar-refractivity contribution in [3.05, 3.63) is 28.0 Å². The van der Waals surface area contributed by atoms with Gasteiger partial charge < -0.3 is 10.4 Å². The Bertz CT molecular complexity index is 459. The highest BCUT2D eigenvalue weighted by molar-refractivity contribution is 6.33. The van der Waals surface area contributed by atoms with Crippen LogP contribution >= 0.6 is 23.2 Å². The van der Waals surface area contributed by atoms with Gasteiger partial charge in [0.2, 0.25) is 0 Å². The molecule has 0 radical (unpaired) electrons. The summed E-state index contributed by atoms with van der Waals surface area (Å²) < 4.78 is 0. The highest BCUT2D eigenvalue weighted by Crippen LogP contribution is 2.15. The number of nitrogens with one attached hydrogen (secondary N) is 1. The molecule has 0 aliphatic carbocycles. The molecular weight excluding hydrogens is 279 g/mol. The van der Waals surface area contributed by atoms with Gasteiger partial charge in [-0.1, -0.05) is 23.2 Å². The molecule has 0 aromatic carbocycles. The molecule has 0 aliphatic rings. The minimum Gasteiger partial charge on any atom is -0.481 e. The van der Waals surface area contributed by atoms with Gasteiger partial charge in [-0.2, -0.15) is 0 Å². The summed E-state index contributed by atoms with van der Waals surface area (Å²) >= 11 is 11.3. The lowest BCUT2D eigenvalue weighted by Crippen LogP contribution is -2.40. The smallest absolute Gasteiger partial charge is 0.308 e. The lowest BCUT2D eigenvalue weighted by molar-refractivity contribution is -0.141. The normalized spacial score (nSPS) is 13.8. The van der Waals surface area contributed by atoms with E-state index in [9.17, 15) is 9.59 Å². The Morgan fingerprint density at radius 3 is 2.22 bits per heavy atom. The number of halogens is 2. The average molecular weight is 291 g/mol. The van der Waals surface area contributed by atoms with E-state index < -0.39 is 23.8 Å². The van der Waals surface area contributed by atoms with E-state index >= 15 is 0 Å². The van der Waals surface area contributed by atoms with Crippen molar-refractivity contribution in [3.8, 4) is 0 Å². The quantitative estimate of drug-likeness (QED) is 0.834. The molecule has 1 rings (SSSR count). The largest absolute Gasteiger partial charge is 0.481 e. The van der Waals surface area contributed by atoms with Crippen molar-refractivity contribution in [1.82, 2.24) is 10.3 Å². The second-order valence-electron chi connectivity index (χ2n) is 3.89. The minimum absolute atomic E-state index is 0.103. The second kappa shape index (κ2) is 6.02. The molecule has 1 aromatic heterocycles. The molecule has 0 saturated heterocycles. The molecule has 7 heteroatoms. The van der Waals surface area contributed by atoms with Crippen LogP contribution in [0.25, 0.3) is 0 Å². The molecular formula is C11H12Cl2N2O3. The van der Waals surface area contributed by atoms with E-state index in [1.165, 1.54) is 19.1 Å². The number of carboxylic acids is 1. The first-order chi connectivity index (χ1) is 8.31. The topological polar surface area (TPSA) is 79.3 Å². The fourth-order valence-electron chi connectivity index (χ4n) is 1.22. The van der Waals surface area contributed by atoms with Crippen LogP contribution in [0, 0.1) is 5.92 Å². The summed E-state index contributed by atoms with van der Waals surface area (Å²) in [6.45, 7) is 3.13. The van der Waals surface area contributed by atoms with Crippen LogP contribution in [0.3, 0.4) is 0 Å². The molecule has 2 N–H and O–H groups in total. The van der Waals surface area contributed by atoms with Gasteiger partial charge in [0, 0.05) is 11.6 Å². The van der Waals surface area contributed by atoms with Crippen LogP contribution in [0.15, 0.2) is 12.1 Å². The number of amides is 1. The van der Waals surface area contributed by atoms with E-state index in [2.05, 4.69) is 10.3 Å². The zero-order valence-electron chi connectivity index (χ0n) is 9.78. The number of pyridine rings is 1. The predicted octanol–water partition coefficient (Wildman–Crippen LogP) is 2.23. The minimum atomic E-state index is -0.978. The summed E-state index contributed by atoms with van der Waals surface area (Å²) in [6.07, 6.45) is 0. The lowest BCUT2D eigenvalue weighted by Gasteiger charge is -2.17. The first kappa shape index (κ1) is 14.7. The Morgan fingerprint density at radius 2 is 1.78 bits per heavy atom. The zero-order valence-corrected chi connectivity index (χ0v) is 11.3. The molecule has 1 heterocycles. The number of hydrogen-bond acceptors (Lipinski definition) is 3. The fourth-order valence-corrected chi connectivity index (χ4v) is 1.69. The number of hydrogen-bond donors (Lipinski definition) is 2. The van der Waals surface area contributed by atoms with Crippen LogP contribution in [0.5, 0.6) is 0 Å². The third-order valence-electron chi connectivity index (χ3n) is 2.52. The second-order valence-corrected chi connectivity index (χ2v) is 4.66. The van der Waals surface area contributed by atoms with E-state index in [0.717, 1.165) is 0 Å². The van der Waals surface area contributed by atoms with Crippen molar-refractivity contribution < 1.29 is 14.7 Å². The molecule has 0 bridgehead atoms. The van der Waals surface area contributed by atoms with E-state index in [0.29, 0.717) is 0 Å². The van der Waals surface area contributed by atoms with E-state index in [4.69, 9.17) is 28.3 Å². The van der Waals surface area contributed by atoms with Crippen LogP contribution < -0.4 is 5.32 Å². The molecule has 18 heavy (non-hydrogen) atoms. The summed E-state index contributed by atoms with van der Waals surface area (Å²) in [5, 5.41) is 11.6. The summed E-state index contributed by atoms with van der Waals surface area (Å²) in [4.78, 5) is 26.3. The molecule has 1 amide bonds. The number of carboxylic acid groups (broad SMARTS) is 1. The molecule has 2 unspecified atom stereocenters. The maximum atomic E-state index is 11.8. The SMILES string of the molecule is CC(NC(=O)c1cc(Cl)nc(Cl)c1)C(C)C(=O)O. The van der Waals surface area contributed by atoms with Crippen LogP contribution in [-0.2, 0) is 4.79 Å². The third kappa shape index (κ3) is 3.85. The number of nitrogens with zero attached hydrogens (tertiary/aromatic N) is 1. The average Bonchev–Trinajstić information content (AvgIpc) is 2.26. The molecule has 0 spiro atoms. The first-order valence-corrected chi connectivity index (χ1v) is 5.93. The van der Waals surface area contributed by atoms with Gasteiger partial charge in [-0.15, -0.1) is 0 Å². The van der Waals surface area contributed by atoms with Crippen molar-refractivity contribution >= 4 is 35.1 Å². The predicted molar refractivity (Wildman–Crippen MR) is 68.0 cm³/mol. The highest BCUT2D eigenvalue weighted by Gasteiger charge is 2.21.